The van der Waals surface area contributed by atoms with Gasteiger partial charge in [0.2, 0.25) is 0 Å². The summed E-state index contributed by atoms with van der Waals surface area (Å²) in [7, 11) is 1.65. The summed E-state index contributed by atoms with van der Waals surface area (Å²) in [6, 6.07) is 6.55. The number of nitrogens with two attached hydrogens (primary N) is 1. The monoisotopic (exact) mass is 220 g/mol. The van der Waals surface area contributed by atoms with Crippen molar-refractivity contribution in [2.75, 3.05) is 25.9 Å². The Bertz CT molecular complexity index is 359. The lowest BCUT2D eigenvalue weighted by molar-refractivity contribution is 0.263. The normalized spacial score (nSPS) is 18.6. The smallest absolute Gasteiger partial charge is 0.141 e. The summed E-state index contributed by atoms with van der Waals surface area (Å²) in [4.78, 5) is 2.50. The molecule has 16 heavy (non-hydrogen) atoms. The molecule has 0 aromatic heterocycles. The van der Waals surface area contributed by atoms with Crippen molar-refractivity contribution in [1.29, 1.82) is 0 Å². The Balaban J connectivity index is 2.16. The molecular formula is C13H20N2O. The zero-order chi connectivity index (χ0) is 11.5. The first-order valence-electron chi connectivity index (χ1n) is 5.90. The summed E-state index contributed by atoms with van der Waals surface area (Å²) in [6.07, 6.45) is 2.63. The summed E-state index contributed by atoms with van der Waals surface area (Å²) in [5, 5.41) is 0. The molecule has 2 N–H and O–H groups in total. The highest BCUT2D eigenvalue weighted by Gasteiger charge is 2.19. The first kappa shape index (κ1) is 11.3. The quantitative estimate of drug-likeness (QED) is 0.795. The van der Waals surface area contributed by atoms with Gasteiger partial charge < -0.3 is 10.5 Å². The molecule has 1 aromatic carbocycles. The number of ether oxygens (including phenoxy) is 1. The standard InChI is InChI=1S/C13H20N2O/c1-10(15-7-3-4-8-15)11-5-6-13(16-2)12(14)9-11/h5-6,9-10H,3-4,7-8,14H2,1-2H3. The third-order valence-electron chi connectivity index (χ3n) is 3.42. The molecule has 1 unspecified atom stereocenters. The highest BCUT2D eigenvalue weighted by Crippen LogP contribution is 2.29. The van der Waals surface area contributed by atoms with Crippen LogP contribution in [0.3, 0.4) is 0 Å². The topological polar surface area (TPSA) is 38.5 Å². The highest BCUT2D eigenvalue weighted by molar-refractivity contribution is 5.54. The van der Waals surface area contributed by atoms with Crippen molar-refractivity contribution in [3.8, 4) is 5.75 Å². The lowest BCUT2D eigenvalue weighted by Crippen LogP contribution is -2.23. The van der Waals surface area contributed by atoms with Gasteiger partial charge in [0, 0.05) is 6.04 Å². The van der Waals surface area contributed by atoms with Gasteiger partial charge in [-0.3, -0.25) is 4.90 Å². The zero-order valence-corrected chi connectivity index (χ0v) is 10.1. The second-order valence-corrected chi connectivity index (χ2v) is 4.42. The largest absolute Gasteiger partial charge is 0.495 e. The second kappa shape index (κ2) is 4.74. The van der Waals surface area contributed by atoms with Gasteiger partial charge in [-0.25, -0.2) is 0 Å². The van der Waals surface area contributed by atoms with Crippen LogP contribution in [0.1, 0.15) is 31.4 Å². The fourth-order valence-electron chi connectivity index (χ4n) is 2.35. The number of nitrogens with zero attached hydrogens (tertiary/aromatic N) is 1. The number of likely N-dealkylation sites (tertiary alicyclic amines) is 1. The Morgan fingerprint density at radius 3 is 2.56 bits per heavy atom. The van der Waals surface area contributed by atoms with Crippen molar-refractivity contribution in [3.63, 3.8) is 0 Å². The van der Waals surface area contributed by atoms with Crippen molar-refractivity contribution < 1.29 is 4.74 Å². The van der Waals surface area contributed by atoms with Crippen molar-refractivity contribution >= 4 is 5.69 Å². The van der Waals surface area contributed by atoms with E-state index in [9.17, 15) is 0 Å². The fourth-order valence-corrected chi connectivity index (χ4v) is 2.35. The maximum atomic E-state index is 5.92. The number of benzene rings is 1. The van der Waals surface area contributed by atoms with E-state index in [1.165, 1.54) is 31.5 Å². The van der Waals surface area contributed by atoms with Crippen LogP contribution < -0.4 is 10.5 Å². The molecule has 2 rings (SSSR count). The first-order chi connectivity index (χ1) is 7.72. The molecule has 3 nitrogen and oxygen atoms in total. The van der Waals surface area contributed by atoms with Gasteiger partial charge in [-0.1, -0.05) is 6.07 Å². The van der Waals surface area contributed by atoms with Gasteiger partial charge in [-0.2, -0.15) is 0 Å². The van der Waals surface area contributed by atoms with Crippen LogP contribution in [0, 0.1) is 0 Å². The van der Waals surface area contributed by atoms with Crippen molar-refractivity contribution in [3.05, 3.63) is 23.8 Å². The van der Waals surface area contributed by atoms with Gasteiger partial charge in [-0.05, 0) is 50.6 Å². The van der Waals surface area contributed by atoms with E-state index in [2.05, 4.69) is 17.9 Å². The van der Waals surface area contributed by atoms with Crippen molar-refractivity contribution in [2.24, 2.45) is 0 Å². The molecule has 88 valence electrons. The highest BCUT2D eigenvalue weighted by atomic mass is 16.5. The van der Waals surface area contributed by atoms with E-state index in [1.807, 2.05) is 12.1 Å². The number of hydrogen-bond acceptors (Lipinski definition) is 3. The number of nitrogen functional groups attached to an aromatic ring is 1. The van der Waals surface area contributed by atoms with Crippen LogP contribution in [-0.2, 0) is 0 Å². The average molecular weight is 220 g/mol. The average Bonchev–Trinajstić information content (AvgIpc) is 2.81. The number of rotatable bonds is 3. The van der Waals surface area contributed by atoms with Crippen LogP contribution in [0.25, 0.3) is 0 Å². The van der Waals surface area contributed by atoms with Crippen LogP contribution in [0.5, 0.6) is 5.75 Å². The molecule has 1 atom stereocenters. The molecule has 1 heterocycles. The van der Waals surface area contributed by atoms with E-state index >= 15 is 0 Å². The van der Waals surface area contributed by atoms with Gasteiger partial charge in [0.05, 0.1) is 12.8 Å². The Hall–Kier alpha value is -1.22. The summed E-state index contributed by atoms with van der Waals surface area (Å²) in [5.74, 6) is 0.761. The lowest BCUT2D eigenvalue weighted by Gasteiger charge is -2.24. The maximum Gasteiger partial charge on any atom is 0.141 e. The van der Waals surface area contributed by atoms with E-state index in [-0.39, 0.29) is 0 Å². The van der Waals surface area contributed by atoms with Gasteiger partial charge in [-0.15, -0.1) is 0 Å². The van der Waals surface area contributed by atoms with Crippen molar-refractivity contribution in [2.45, 2.75) is 25.8 Å². The Morgan fingerprint density at radius 1 is 1.31 bits per heavy atom. The molecule has 0 saturated carbocycles. The molecule has 1 aliphatic heterocycles. The van der Waals surface area contributed by atoms with E-state index in [1.54, 1.807) is 7.11 Å². The molecule has 0 aliphatic carbocycles. The van der Waals surface area contributed by atoms with E-state index in [0.717, 1.165) is 11.4 Å². The van der Waals surface area contributed by atoms with Crippen molar-refractivity contribution in [1.82, 2.24) is 4.90 Å². The predicted octanol–water partition coefficient (Wildman–Crippen LogP) is 2.43. The van der Waals surface area contributed by atoms with Crippen LogP contribution in [-0.4, -0.2) is 25.1 Å². The summed E-state index contributed by atoms with van der Waals surface area (Å²) < 4.78 is 5.17. The van der Waals surface area contributed by atoms with Crippen LogP contribution >= 0.6 is 0 Å². The minimum atomic E-state index is 0.454. The summed E-state index contributed by atoms with van der Waals surface area (Å²) in [5.41, 5.74) is 7.93. The van der Waals surface area contributed by atoms with Gasteiger partial charge >= 0.3 is 0 Å². The van der Waals surface area contributed by atoms with E-state index in [0.29, 0.717) is 6.04 Å². The predicted molar refractivity (Wildman–Crippen MR) is 66.6 cm³/mol. The summed E-state index contributed by atoms with van der Waals surface area (Å²) >= 11 is 0. The first-order valence-corrected chi connectivity index (χ1v) is 5.90. The molecule has 0 amide bonds. The molecule has 1 fully saturated rings. The van der Waals surface area contributed by atoms with Gasteiger partial charge in [0.15, 0.2) is 0 Å². The van der Waals surface area contributed by atoms with Gasteiger partial charge in [0.25, 0.3) is 0 Å². The number of anilines is 1. The molecule has 0 radical (unpaired) electrons. The Labute approximate surface area is 97.2 Å². The fraction of sp³-hybridized carbons (Fsp3) is 0.538. The van der Waals surface area contributed by atoms with E-state index < -0.39 is 0 Å². The molecule has 0 spiro atoms. The van der Waals surface area contributed by atoms with Crippen LogP contribution in [0.2, 0.25) is 0 Å². The zero-order valence-electron chi connectivity index (χ0n) is 10.1. The lowest BCUT2D eigenvalue weighted by atomic mass is 10.1. The molecule has 1 aliphatic rings. The number of methoxy groups -OCH3 is 1. The second-order valence-electron chi connectivity index (χ2n) is 4.42. The molecular weight excluding hydrogens is 200 g/mol. The van der Waals surface area contributed by atoms with Crippen LogP contribution in [0.15, 0.2) is 18.2 Å². The Morgan fingerprint density at radius 2 is 2.00 bits per heavy atom. The minimum Gasteiger partial charge on any atom is -0.495 e. The third kappa shape index (κ3) is 2.14. The molecule has 1 aromatic rings. The third-order valence-corrected chi connectivity index (χ3v) is 3.42. The van der Waals surface area contributed by atoms with Gasteiger partial charge in [0.1, 0.15) is 5.75 Å². The maximum absolute atomic E-state index is 5.92. The minimum absolute atomic E-state index is 0.454. The number of hydrogen-bond donors (Lipinski definition) is 1. The SMILES string of the molecule is COc1ccc(C(C)N2CCCC2)cc1N. The Kier molecular flexibility index (Phi) is 3.34. The van der Waals surface area contributed by atoms with Crippen LogP contribution in [0.4, 0.5) is 5.69 Å². The molecule has 0 bridgehead atoms. The summed E-state index contributed by atoms with van der Waals surface area (Å²) in [6.45, 7) is 4.65. The molecule has 3 heteroatoms. The molecule has 1 saturated heterocycles. The van der Waals surface area contributed by atoms with E-state index in [4.69, 9.17) is 10.5 Å².